The van der Waals surface area contributed by atoms with Crippen LogP contribution in [0, 0.1) is 6.92 Å². The van der Waals surface area contributed by atoms with Gasteiger partial charge in [0.15, 0.2) is 6.10 Å². The molecule has 4 nitrogen and oxygen atoms in total. The van der Waals surface area contributed by atoms with Crippen molar-refractivity contribution in [3.8, 4) is 11.5 Å². The fourth-order valence-corrected chi connectivity index (χ4v) is 2.30. The van der Waals surface area contributed by atoms with Crippen molar-refractivity contribution in [2.45, 2.75) is 20.0 Å². The van der Waals surface area contributed by atoms with E-state index >= 15 is 0 Å². The van der Waals surface area contributed by atoms with E-state index in [0.717, 1.165) is 5.56 Å². The normalized spacial score (nSPS) is 11.7. The van der Waals surface area contributed by atoms with Gasteiger partial charge in [0.2, 0.25) is 0 Å². The zero-order chi connectivity index (χ0) is 17.0. The van der Waals surface area contributed by atoms with Gasteiger partial charge in [-0.25, -0.2) is 0 Å². The van der Waals surface area contributed by atoms with E-state index in [4.69, 9.17) is 32.7 Å². The first-order valence-corrected chi connectivity index (χ1v) is 7.73. The molecular formula is C17H17Cl2NO3. The third-order valence-corrected chi connectivity index (χ3v) is 3.86. The second-order valence-corrected chi connectivity index (χ2v) is 5.85. The van der Waals surface area contributed by atoms with E-state index in [1.54, 1.807) is 43.3 Å². The van der Waals surface area contributed by atoms with Crippen molar-refractivity contribution in [3.63, 3.8) is 0 Å². The predicted octanol–water partition coefficient (Wildman–Crippen LogP) is 4.72. The summed E-state index contributed by atoms with van der Waals surface area (Å²) in [6.45, 7) is 3.51. The summed E-state index contributed by atoms with van der Waals surface area (Å²) < 4.78 is 10.8. The van der Waals surface area contributed by atoms with E-state index in [1.807, 2.05) is 6.92 Å². The summed E-state index contributed by atoms with van der Waals surface area (Å²) in [5, 5.41) is 3.90. The Hall–Kier alpha value is -1.91. The van der Waals surface area contributed by atoms with Gasteiger partial charge in [-0.2, -0.15) is 0 Å². The molecule has 0 unspecified atom stereocenters. The van der Waals surface area contributed by atoms with Gasteiger partial charge >= 0.3 is 0 Å². The van der Waals surface area contributed by atoms with Crippen LogP contribution in [0.15, 0.2) is 36.4 Å². The Bertz CT molecular complexity index is 719. The molecule has 0 aliphatic heterocycles. The molecule has 0 heterocycles. The van der Waals surface area contributed by atoms with Crippen molar-refractivity contribution in [2.24, 2.45) is 0 Å². The molecular weight excluding hydrogens is 337 g/mol. The smallest absolute Gasteiger partial charge is 0.265 e. The maximum Gasteiger partial charge on any atom is 0.265 e. The molecule has 1 N–H and O–H groups in total. The number of hydrogen-bond donors (Lipinski definition) is 1. The largest absolute Gasteiger partial charge is 0.495 e. The van der Waals surface area contributed by atoms with Crippen LogP contribution in [0.3, 0.4) is 0 Å². The van der Waals surface area contributed by atoms with Crippen molar-refractivity contribution in [3.05, 3.63) is 52.0 Å². The first kappa shape index (κ1) is 17.4. The number of nitrogens with one attached hydrogen (secondary N) is 1. The standard InChI is InChI=1S/C17H17Cl2NO3/c1-10-7-15(16(22-3)9-14(10)19)20-17(21)11(2)23-13-6-4-5-12(18)8-13/h4-9,11H,1-3H3,(H,20,21)/t11-/m0/s1. The highest BCUT2D eigenvalue weighted by Gasteiger charge is 2.17. The van der Waals surface area contributed by atoms with E-state index in [0.29, 0.717) is 27.2 Å². The maximum atomic E-state index is 12.3. The fourth-order valence-electron chi connectivity index (χ4n) is 1.96. The minimum Gasteiger partial charge on any atom is -0.495 e. The topological polar surface area (TPSA) is 47.6 Å². The maximum absolute atomic E-state index is 12.3. The van der Waals surface area contributed by atoms with Crippen LogP contribution >= 0.6 is 23.2 Å². The number of carbonyl (C=O) groups is 1. The molecule has 0 saturated heterocycles. The van der Waals surface area contributed by atoms with Gasteiger partial charge in [-0.15, -0.1) is 0 Å². The summed E-state index contributed by atoms with van der Waals surface area (Å²) >= 11 is 12.0. The molecule has 2 aromatic carbocycles. The lowest BCUT2D eigenvalue weighted by Gasteiger charge is -2.17. The van der Waals surface area contributed by atoms with Gasteiger partial charge in [0.1, 0.15) is 11.5 Å². The van der Waals surface area contributed by atoms with Gasteiger partial charge < -0.3 is 14.8 Å². The van der Waals surface area contributed by atoms with Gasteiger partial charge in [-0.1, -0.05) is 29.3 Å². The second-order valence-electron chi connectivity index (χ2n) is 5.01. The van der Waals surface area contributed by atoms with Gasteiger partial charge in [0.25, 0.3) is 5.91 Å². The molecule has 6 heteroatoms. The molecule has 0 aromatic heterocycles. The Kier molecular flexibility index (Phi) is 5.74. The quantitative estimate of drug-likeness (QED) is 0.845. The Morgan fingerprint density at radius 1 is 1.22 bits per heavy atom. The van der Waals surface area contributed by atoms with Crippen LogP contribution < -0.4 is 14.8 Å². The SMILES string of the molecule is COc1cc(Cl)c(C)cc1NC(=O)[C@H](C)Oc1cccc(Cl)c1. The zero-order valence-electron chi connectivity index (χ0n) is 13.0. The lowest BCUT2D eigenvalue weighted by molar-refractivity contribution is -0.122. The molecule has 1 atom stereocenters. The Balaban J connectivity index is 2.11. The highest BCUT2D eigenvalue weighted by atomic mass is 35.5. The number of hydrogen-bond acceptors (Lipinski definition) is 3. The van der Waals surface area contributed by atoms with Crippen LogP contribution in [0.5, 0.6) is 11.5 Å². The fraction of sp³-hybridized carbons (Fsp3) is 0.235. The number of carbonyl (C=O) groups excluding carboxylic acids is 1. The van der Waals surface area contributed by atoms with Gasteiger partial charge in [-0.05, 0) is 43.7 Å². The molecule has 1 amide bonds. The van der Waals surface area contributed by atoms with Crippen LogP contribution in [0.25, 0.3) is 0 Å². The highest BCUT2D eigenvalue weighted by Crippen LogP contribution is 2.31. The molecule has 0 bridgehead atoms. The van der Waals surface area contributed by atoms with Crippen molar-refractivity contribution >= 4 is 34.8 Å². The monoisotopic (exact) mass is 353 g/mol. The average molecular weight is 354 g/mol. The molecule has 0 spiro atoms. The summed E-state index contributed by atoms with van der Waals surface area (Å²) in [7, 11) is 1.52. The number of benzene rings is 2. The van der Waals surface area contributed by atoms with Crippen LogP contribution in [0.1, 0.15) is 12.5 Å². The summed E-state index contributed by atoms with van der Waals surface area (Å²) in [5.74, 6) is 0.716. The molecule has 0 fully saturated rings. The minimum atomic E-state index is -0.700. The van der Waals surface area contributed by atoms with Crippen LogP contribution in [-0.4, -0.2) is 19.1 Å². The van der Waals surface area contributed by atoms with Crippen LogP contribution in [0.4, 0.5) is 5.69 Å². The molecule has 0 aliphatic carbocycles. The molecule has 122 valence electrons. The lowest BCUT2D eigenvalue weighted by atomic mass is 10.2. The third kappa shape index (κ3) is 4.53. The molecule has 0 radical (unpaired) electrons. The number of aryl methyl sites for hydroxylation is 1. The van der Waals surface area contributed by atoms with Gasteiger partial charge in [0.05, 0.1) is 12.8 Å². The predicted molar refractivity (Wildman–Crippen MR) is 92.9 cm³/mol. The van der Waals surface area contributed by atoms with Crippen molar-refractivity contribution in [1.29, 1.82) is 0 Å². The van der Waals surface area contributed by atoms with E-state index in [1.165, 1.54) is 7.11 Å². The van der Waals surface area contributed by atoms with Gasteiger partial charge in [0, 0.05) is 16.1 Å². The first-order chi connectivity index (χ1) is 10.9. The molecule has 2 rings (SSSR count). The molecule has 23 heavy (non-hydrogen) atoms. The number of rotatable bonds is 5. The number of ether oxygens (including phenoxy) is 2. The summed E-state index contributed by atoms with van der Waals surface area (Å²) in [6.07, 6.45) is -0.700. The molecule has 0 saturated carbocycles. The lowest BCUT2D eigenvalue weighted by Crippen LogP contribution is -2.30. The number of methoxy groups -OCH3 is 1. The van der Waals surface area contributed by atoms with E-state index in [2.05, 4.69) is 5.32 Å². The Morgan fingerprint density at radius 3 is 2.61 bits per heavy atom. The number of anilines is 1. The van der Waals surface area contributed by atoms with Crippen molar-refractivity contribution in [2.75, 3.05) is 12.4 Å². The molecule has 2 aromatic rings. The molecule has 0 aliphatic rings. The number of amides is 1. The van der Waals surface area contributed by atoms with Crippen molar-refractivity contribution in [1.82, 2.24) is 0 Å². The van der Waals surface area contributed by atoms with E-state index in [-0.39, 0.29) is 5.91 Å². The summed E-state index contributed by atoms with van der Waals surface area (Å²) in [4.78, 5) is 12.3. The highest BCUT2D eigenvalue weighted by molar-refractivity contribution is 6.31. The first-order valence-electron chi connectivity index (χ1n) is 6.98. The Labute approximate surface area is 145 Å². The van der Waals surface area contributed by atoms with Crippen molar-refractivity contribution < 1.29 is 14.3 Å². The Morgan fingerprint density at radius 2 is 1.96 bits per heavy atom. The zero-order valence-corrected chi connectivity index (χ0v) is 14.5. The summed E-state index contributed by atoms with van der Waals surface area (Å²) in [5.41, 5.74) is 1.38. The summed E-state index contributed by atoms with van der Waals surface area (Å²) in [6, 6.07) is 10.3. The van der Waals surface area contributed by atoms with Crippen LogP contribution in [-0.2, 0) is 4.79 Å². The van der Waals surface area contributed by atoms with Gasteiger partial charge in [-0.3, -0.25) is 4.79 Å². The van der Waals surface area contributed by atoms with Crippen LogP contribution in [0.2, 0.25) is 10.0 Å². The minimum absolute atomic E-state index is 0.301. The number of halogens is 2. The van der Waals surface area contributed by atoms with E-state index in [9.17, 15) is 4.79 Å². The van der Waals surface area contributed by atoms with E-state index < -0.39 is 6.10 Å². The second kappa shape index (κ2) is 7.57. The average Bonchev–Trinajstić information content (AvgIpc) is 2.50. The third-order valence-electron chi connectivity index (χ3n) is 3.22.